The fourth-order valence-electron chi connectivity index (χ4n) is 4.90. The van der Waals surface area contributed by atoms with E-state index in [4.69, 9.17) is 0 Å². The molecule has 2 fully saturated rings. The number of aliphatic hydroxyl groups excluding tert-OH is 1. The summed E-state index contributed by atoms with van der Waals surface area (Å²) >= 11 is 0. The minimum Gasteiger partial charge on any atom is -0.396 e. The molecular formula is C25H28N4O4. The molecule has 5 rings (SSSR count). The van der Waals surface area contributed by atoms with Gasteiger partial charge in [0.2, 0.25) is 11.8 Å². The first-order valence-electron chi connectivity index (χ1n) is 11.5. The van der Waals surface area contributed by atoms with Crippen LogP contribution in [0.1, 0.15) is 32.1 Å². The van der Waals surface area contributed by atoms with E-state index in [1.165, 1.54) is 9.24 Å². The minimum absolute atomic E-state index is 0.261. The summed E-state index contributed by atoms with van der Waals surface area (Å²) in [6, 6.07) is 14.0. The summed E-state index contributed by atoms with van der Waals surface area (Å²) in [5.41, 5.74) is 3.94. The summed E-state index contributed by atoms with van der Waals surface area (Å²) in [5.74, 6) is -0.284. The standard InChI is InChI=1S/C25H28N4O4/c1-26-22-15-19(18-5-8-20(9-6-18)27-13-11-17(16-30)12-14-27)7-10-21(22)28(25(26)33)29-23(31)3-2-4-24(29)32/h5-10,15,17,30H,2-4,11-14,16H2,1H3. The number of imidazole rings is 1. The van der Waals surface area contributed by atoms with Gasteiger partial charge in [-0.15, -0.1) is 0 Å². The number of anilines is 1. The fourth-order valence-corrected chi connectivity index (χ4v) is 4.90. The summed E-state index contributed by atoms with van der Waals surface area (Å²) in [7, 11) is 1.66. The van der Waals surface area contributed by atoms with Crippen molar-refractivity contribution in [3.8, 4) is 11.1 Å². The van der Waals surface area contributed by atoms with Gasteiger partial charge in [0, 0.05) is 45.3 Å². The molecule has 1 aromatic heterocycles. The van der Waals surface area contributed by atoms with E-state index in [9.17, 15) is 19.5 Å². The molecule has 8 heteroatoms. The van der Waals surface area contributed by atoms with Gasteiger partial charge in [-0.1, -0.05) is 18.2 Å². The maximum atomic E-state index is 12.9. The smallest absolute Gasteiger partial charge is 0.348 e. The lowest BCUT2D eigenvalue weighted by molar-refractivity contribution is -0.131. The lowest BCUT2D eigenvalue weighted by atomic mass is 9.97. The monoisotopic (exact) mass is 448 g/mol. The highest BCUT2D eigenvalue weighted by atomic mass is 16.3. The summed E-state index contributed by atoms with van der Waals surface area (Å²) in [4.78, 5) is 40.1. The average molecular weight is 449 g/mol. The molecule has 0 aliphatic carbocycles. The van der Waals surface area contributed by atoms with Crippen molar-refractivity contribution in [2.45, 2.75) is 32.1 Å². The molecule has 0 spiro atoms. The number of hydrogen-bond acceptors (Lipinski definition) is 5. The zero-order valence-corrected chi connectivity index (χ0v) is 18.7. The number of amides is 2. The Kier molecular flexibility index (Phi) is 5.54. The van der Waals surface area contributed by atoms with Crippen LogP contribution in [0.15, 0.2) is 47.3 Å². The maximum absolute atomic E-state index is 12.9. The fraction of sp³-hybridized carbons (Fsp3) is 0.400. The molecule has 0 saturated carbocycles. The number of carbonyl (C=O) groups is 2. The molecule has 2 saturated heterocycles. The lowest BCUT2D eigenvalue weighted by Gasteiger charge is -2.33. The Morgan fingerprint density at radius 2 is 1.52 bits per heavy atom. The third kappa shape index (κ3) is 3.74. The van der Waals surface area contributed by atoms with Gasteiger partial charge in [-0.25, -0.2) is 4.79 Å². The molecule has 33 heavy (non-hydrogen) atoms. The zero-order chi connectivity index (χ0) is 23.1. The Bertz CT molecular complexity index is 1250. The maximum Gasteiger partial charge on any atom is 0.348 e. The minimum atomic E-state index is -0.410. The van der Waals surface area contributed by atoms with E-state index in [0.29, 0.717) is 23.4 Å². The van der Waals surface area contributed by atoms with Crippen LogP contribution in [0.4, 0.5) is 5.69 Å². The Hall–Kier alpha value is -3.39. The molecule has 3 aromatic rings. The van der Waals surface area contributed by atoms with Crippen LogP contribution in [0.2, 0.25) is 0 Å². The highest BCUT2D eigenvalue weighted by Gasteiger charge is 2.31. The second kappa shape index (κ2) is 8.51. The van der Waals surface area contributed by atoms with Crippen molar-refractivity contribution in [2.75, 3.05) is 29.6 Å². The number of rotatable bonds is 4. The number of benzene rings is 2. The molecule has 0 atom stereocenters. The van der Waals surface area contributed by atoms with Gasteiger partial charge < -0.3 is 10.0 Å². The Labute approximate surface area is 191 Å². The molecule has 8 nitrogen and oxygen atoms in total. The second-order valence-corrected chi connectivity index (χ2v) is 8.97. The Balaban J connectivity index is 1.46. The van der Waals surface area contributed by atoms with Crippen LogP contribution in [0.3, 0.4) is 0 Å². The third-order valence-corrected chi connectivity index (χ3v) is 6.93. The Morgan fingerprint density at radius 3 is 2.15 bits per heavy atom. The van der Waals surface area contributed by atoms with Crippen LogP contribution in [0.25, 0.3) is 22.2 Å². The van der Waals surface area contributed by atoms with E-state index >= 15 is 0 Å². The first-order chi connectivity index (χ1) is 16.0. The third-order valence-electron chi connectivity index (χ3n) is 6.93. The van der Waals surface area contributed by atoms with E-state index in [1.54, 1.807) is 13.1 Å². The van der Waals surface area contributed by atoms with Crippen molar-refractivity contribution in [1.29, 1.82) is 0 Å². The number of hydrogen-bond donors (Lipinski definition) is 1. The summed E-state index contributed by atoms with van der Waals surface area (Å²) < 4.78 is 2.69. The molecule has 0 unspecified atom stereocenters. The van der Waals surface area contributed by atoms with Gasteiger partial charge in [-0.3, -0.25) is 14.2 Å². The van der Waals surface area contributed by atoms with Crippen LogP contribution in [-0.4, -0.2) is 45.9 Å². The summed E-state index contributed by atoms with van der Waals surface area (Å²) in [5, 5.41) is 10.3. The van der Waals surface area contributed by atoms with E-state index in [-0.39, 0.29) is 31.3 Å². The molecule has 172 valence electrons. The molecule has 3 heterocycles. The van der Waals surface area contributed by atoms with Gasteiger partial charge in [-0.05, 0) is 60.6 Å². The van der Waals surface area contributed by atoms with Crippen LogP contribution in [0.5, 0.6) is 0 Å². The largest absolute Gasteiger partial charge is 0.396 e. The first-order valence-corrected chi connectivity index (χ1v) is 11.5. The molecule has 2 aliphatic rings. The molecule has 2 aliphatic heterocycles. The lowest BCUT2D eigenvalue weighted by Crippen LogP contribution is -2.52. The molecule has 2 aromatic carbocycles. The van der Waals surface area contributed by atoms with Crippen LogP contribution < -0.4 is 15.6 Å². The van der Waals surface area contributed by atoms with Gasteiger partial charge in [-0.2, -0.15) is 9.69 Å². The normalized spacial score (nSPS) is 17.9. The number of aliphatic hydroxyl groups is 1. The van der Waals surface area contributed by atoms with Crippen molar-refractivity contribution < 1.29 is 14.7 Å². The number of carbonyl (C=O) groups excluding carboxylic acids is 2. The quantitative estimate of drug-likeness (QED) is 0.620. The predicted octanol–water partition coefficient (Wildman–Crippen LogP) is 2.39. The number of aromatic nitrogens is 2. The van der Waals surface area contributed by atoms with E-state index in [0.717, 1.165) is 47.8 Å². The molecule has 0 bridgehead atoms. The van der Waals surface area contributed by atoms with Crippen molar-refractivity contribution in [2.24, 2.45) is 13.0 Å². The second-order valence-electron chi connectivity index (χ2n) is 8.97. The van der Waals surface area contributed by atoms with Gasteiger partial charge in [0.15, 0.2) is 0 Å². The van der Waals surface area contributed by atoms with Crippen molar-refractivity contribution >= 4 is 28.5 Å². The summed E-state index contributed by atoms with van der Waals surface area (Å²) in [6.07, 6.45) is 3.05. The highest BCUT2D eigenvalue weighted by Crippen LogP contribution is 2.29. The predicted molar refractivity (Wildman–Crippen MR) is 127 cm³/mol. The van der Waals surface area contributed by atoms with Crippen molar-refractivity contribution in [3.05, 3.63) is 52.9 Å². The molecular weight excluding hydrogens is 420 g/mol. The van der Waals surface area contributed by atoms with Crippen LogP contribution in [0, 0.1) is 5.92 Å². The SMILES string of the molecule is Cn1c(=O)n(N2C(=O)CCCC2=O)c2ccc(-c3ccc(N4CCC(CO)CC4)cc3)cc21. The van der Waals surface area contributed by atoms with Crippen LogP contribution >= 0.6 is 0 Å². The first kappa shape index (κ1) is 21.5. The zero-order valence-electron chi connectivity index (χ0n) is 18.7. The molecule has 0 radical (unpaired) electrons. The number of imide groups is 1. The van der Waals surface area contributed by atoms with Crippen molar-refractivity contribution in [1.82, 2.24) is 9.24 Å². The molecule has 1 N–H and O–H groups in total. The van der Waals surface area contributed by atoms with Crippen molar-refractivity contribution in [3.63, 3.8) is 0 Å². The number of aryl methyl sites for hydroxylation is 1. The highest BCUT2D eigenvalue weighted by molar-refractivity contribution is 6.11. The van der Waals surface area contributed by atoms with Gasteiger partial charge >= 0.3 is 5.69 Å². The van der Waals surface area contributed by atoms with Gasteiger partial charge in [0.05, 0.1) is 11.0 Å². The number of piperidine rings is 2. The van der Waals surface area contributed by atoms with E-state index in [1.807, 2.05) is 12.1 Å². The Morgan fingerprint density at radius 1 is 0.879 bits per heavy atom. The number of fused-ring (bicyclic) bond motifs is 1. The topological polar surface area (TPSA) is 87.8 Å². The van der Waals surface area contributed by atoms with Gasteiger partial charge in [0.25, 0.3) is 0 Å². The molecule has 2 amide bonds. The van der Waals surface area contributed by atoms with E-state index in [2.05, 4.69) is 29.2 Å². The average Bonchev–Trinajstić information content (AvgIpc) is 3.09. The van der Waals surface area contributed by atoms with E-state index < -0.39 is 5.69 Å². The van der Waals surface area contributed by atoms with Crippen LogP contribution in [-0.2, 0) is 16.6 Å². The number of nitrogens with zero attached hydrogens (tertiary/aromatic N) is 4. The summed E-state index contributed by atoms with van der Waals surface area (Å²) in [6.45, 7) is 2.15. The van der Waals surface area contributed by atoms with Gasteiger partial charge in [0.1, 0.15) is 0 Å².